The van der Waals surface area contributed by atoms with E-state index in [0.717, 1.165) is 0 Å². The summed E-state index contributed by atoms with van der Waals surface area (Å²) < 4.78 is 5.02. The smallest absolute Gasteiger partial charge is 0.263 e. The normalized spacial score (nSPS) is 22.7. The molecule has 5 heteroatoms. The van der Waals surface area contributed by atoms with Crippen molar-refractivity contribution in [2.75, 3.05) is 13.2 Å². The number of carbonyl (C=O) groups excluding carboxylic acids is 1. The van der Waals surface area contributed by atoms with E-state index >= 15 is 0 Å². The van der Waals surface area contributed by atoms with Crippen molar-refractivity contribution >= 4 is 5.91 Å². The summed E-state index contributed by atoms with van der Waals surface area (Å²) in [5, 5.41) is 8.33. The van der Waals surface area contributed by atoms with E-state index < -0.39 is 11.4 Å². The van der Waals surface area contributed by atoms with E-state index in [1.807, 2.05) is 0 Å². The first-order valence-corrected chi connectivity index (χ1v) is 3.50. The van der Waals surface area contributed by atoms with E-state index in [1.165, 1.54) is 0 Å². The van der Waals surface area contributed by atoms with Crippen molar-refractivity contribution in [2.24, 2.45) is 5.73 Å². The number of carbonyl (C=O) groups is 1. The Morgan fingerprint density at radius 1 is 1.55 bits per heavy atom. The molecule has 4 N–H and O–H groups in total. The van der Waals surface area contributed by atoms with Crippen LogP contribution in [0.1, 0.15) is 12.8 Å². The van der Waals surface area contributed by atoms with E-state index in [4.69, 9.17) is 15.7 Å². The van der Waals surface area contributed by atoms with Crippen LogP contribution in [0, 0.1) is 0 Å². The van der Waals surface area contributed by atoms with E-state index in [1.54, 1.807) is 5.48 Å². The fourth-order valence-corrected chi connectivity index (χ4v) is 1.07. The van der Waals surface area contributed by atoms with Gasteiger partial charge in [0.2, 0.25) is 0 Å². The lowest BCUT2D eigenvalue weighted by Crippen LogP contribution is -2.56. The Morgan fingerprint density at radius 2 is 2.09 bits per heavy atom. The van der Waals surface area contributed by atoms with E-state index in [9.17, 15) is 4.79 Å². The lowest BCUT2D eigenvalue weighted by Gasteiger charge is -2.30. The number of nitrogens with two attached hydrogens (primary N) is 1. The Morgan fingerprint density at radius 3 is 2.55 bits per heavy atom. The van der Waals surface area contributed by atoms with Crippen molar-refractivity contribution in [1.82, 2.24) is 5.48 Å². The van der Waals surface area contributed by atoms with Gasteiger partial charge in [0.25, 0.3) is 5.91 Å². The van der Waals surface area contributed by atoms with Crippen LogP contribution in [0.5, 0.6) is 0 Å². The van der Waals surface area contributed by atoms with Gasteiger partial charge in [0.15, 0.2) is 0 Å². The maximum Gasteiger partial charge on any atom is 0.263 e. The maximum atomic E-state index is 10.9. The Kier molecular flexibility index (Phi) is 2.43. The summed E-state index contributed by atoms with van der Waals surface area (Å²) in [6.07, 6.45) is 0.915. The molecule has 64 valence electrons. The first-order valence-electron chi connectivity index (χ1n) is 3.50. The molecule has 0 radical (unpaired) electrons. The van der Waals surface area contributed by atoms with Gasteiger partial charge in [0.05, 0.1) is 0 Å². The van der Waals surface area contributed by atoms with Crippen LogP contribution < -0.4 is 11.2 Å². The summed E-state index contributed by atoms with van der Waals surface area (Å²) in [7, 11) is 0. The summed E-state index contributed by atoms with van der Waals surface area (Å²) in [5.74, 6) is -0.527. The zero-order valence-corrected chi connectivity index (χ0v) is 6.17. The molecular formula is C6H12N2O3. The summed E-state index contributed by atoms with van der Waals surface area (Å²) in [5.41, 5.74) is 6.28. The number of hydrogen-bond acceptors (Lipinski definition) is 4. The first kappa shape index (κ1) is 8.45. The van der Waals surface area contributed by atoms with Crippen molar-refractivity contribution in [2.45, 2.75) is 18.4 Å². The van der Waals surface area contributed by atoms with Gasteiger partial charge in [0.1, 0.15) is 5.54 Å². The summed E-state index contributed by atoms with van der Waals surface area (Å²) in [6, 6.07) is 0. The lowest BCUT2D eigenvalue weighted by molar-refractivity contribution is -0.138. The molecule has 0 aromatic rings. The van der Waals surface area contributed by atoms with Gasteiger partial charge in [-0.1, -0.05) is 0 Å². The molecule has 1 fully saturated rings. The molecule has 0 bridgehead atoms. The Labute approximate surface area is 64.5 Å². The Balaban J connectivity index is 2.56. The standard InChI is InChI=1S/C6H12N2O3/c7-6(5(9)8-10)1-3-11-4-2-6/h10H,1-4,7H2,(H,8,9). The van der Waals surface area contributed by atoms with Gasteiger partial charge in [-0.15, -0.1) is 0 Å². The number of amides is 1. The van der Waals surface area contributed by atoms with E-state index in [0.29, 0.717) is 26.1 Å². The highest BCUT2D eigenvalue weighted by molar-refractivity contribution is 5.85. The molecule has 0 saturated carbocycles. The average molecular weight is 160 g/mol. The van der Waals surface area contributed by atoms with Crippen LogP contribution in [-0.4, -0.2) is 29.9 Å². The molecule has 1 aliphatic heterocycles. The van der Waals surface area contributed by atoms with Crippen molar-refractivity contribution in [3.63, 3.8) is 0 Å². The Bertz CT molecular complexity index is 154. The van der Waals surface area contributed by atoms with Crippen molar-refractivity contribution < 1.29 is 14.7 Å². The molecular weight excluding hydrogens is 148 g/mol. The van der Waals surface area contributed by atoms with Crippen LogP contribution >= 0.6 is 0 Å². The van der Waals surface area contributed by atoms with Crippen LogP contribution in [0.2, 0.25) is 0 Å². The summed E-state index contributed by atoms with van der Waals surface area (Å²) in [4.78, 5) is 10.9. The number of rotatable bonds is 1. The number of hydroxylamine groups is 1. The molecule has 11 heavy (non-hydrogen) atoms. The second-order valence-electron chi connectivity index (χ2n) is 2.71. The fraction of sp³-hybridized carbons (Fsp3) is 0.833. The molecule has 1 saturated heterocycles. The van der Waals surface area contributed by atoms with Crippen molar-refractivity contribution in [3.05, 3.63) is 0 Å². The van der Waals surface area contributed by atoms with Gasteiger partial charge in [-0.05, 0) is 12.8 Å². The van der Waals surface area contributed by atoms with Gasteiger partial charge in [-0.25, -0.2) is 5.48 Å². The maximum absolute atomic E-state index is 10.9. The van der Waals surface area contributed by atoms with Crippen LogP contribution in [0.25, 0.3) is 0 Å². The van der Waals surface area contributed by atoms with Crippen molar-refractivity contribution in [3.8, 4) is 0 Å². The molecule has 0 aliphatic carbocycles. The molecule has 1 aliphatic rings. The minimum absolute atomic E-state index is 0.458. The predicted molar refractivity (Wildman–Crippen MR) is 36.9 cm³/mol. The largest absolute Gasteiger partial charge is 0.381 e. The highest BCUT2D eigenvalue weighted by atomic mass is 16.5. The topological polar surface area (TPSA) is 84.6 Å². The number of nitrogens with one attached hydrogen (secondary N) is 1. The average Bonchev–Trinajstić information content (AvgIpc) is 2.04. The zero-order chi connectivity index (χ0) is 8.32. The van der Waals surface area contributed by atoms with Crippen LogP contribution in [0.3, 0.4) is 0 Å². The van der Waals surface area contributed by atoms with Gasteiger partial charge >= 0.3 is 0 Å². The molecule has 0 spiro atoms. The molecule has 1 rings (SSSR count). The number of ether oxygens (including phenoxy) is 1. The molecule has 0 atom stereocenters. The summed E-state index contributed by atoms with van der Waals surface area (Å²) >= 11 is 0. The Hall–Kier alpha value is -0.650. The molecule has 5 nitrogen and oxygen atoms in total. The first-order chi connectivity index (χ1) is 5.19. The quantitative estimate of drug-likeness (QED) is 0.339. The third kappa shape index (κ3) is 1.68. The van der Waals surface area contributed by atoms with E-state index in [2.05, 4.69) is 0 Å². The van der Waals surface area contributed by atoms with Gasteiger partial charge < -0.3 is 10.5 Å². The lowest BCUT2D eigenvalue weighted by atomic mass is 9.91. The molecule has 1 amide bonds. The third-order valence-corrected chi connectivity index (χ3v) is 1.94. The minimum atomic E-state index is -0.938. The van der Waals surface area contributed by atoms with Crippen LogP contribution in [0.15, 0.2) is 0 Å². The second kappa shape index (κ2) is 3.17. The molecule has 0 aromatic carbocycles. The minimum Gasteiger partial charge on any atom is -0.381 e. The third-order valence-electron chi connectivity index (χ3n) is 1.94. The highest BCUT2D eigenvalue weighted by Crippen LogP contribution is 2.17. The molecule has 0 unspecified atom stereocenters. The molecule has 0 aromatic heterocycles. The van der Waals surface area contributed by atoms with Crippen molar-refractivity contribution in [1.29, 1.82) is 0 Å². The number of hydrogen-bond donors (Lipinski definition) is 3. The van der Waals surface area contributed by atoms with E-state index in [-0.39, 0.29) is 0 Å². The SMILES string of the molecule is NC1(C(=O)NO)CCOCC1. The highest BCUT2D eigenvalue weighted by Gasteiger charge is 2.35. The fourth-order valence-electron chi connectivity index (χ4n) is 1.07. The predicted octanol–water partition coefficient (Wildman–Crippen LogP) is -1.00. The second-order valence-corrected chi connectivity index (χ2v) is 2.71. The van der Waals surface area contributed by atoms with Crippen LogP contribution in [-0.2, 0) is 9.53 Å². The van der Waals surface area contributed by atoms with Gasteiger partial charge in [0, 0.05) is 13.2 Å². The summed E-state index contributed by atoms with van der Waals surface area (Å²) in [6.45, 7) is 0.952. The van der Waals surface area contributed by atoms with Gasteiger partial charge in [-0.2, -0.15) is 0 Å². The van der Waals surface area contributed by atoms with Crippen LogP contribution in [0.4, 0.5) is 0 Å². The van der Waals surface area contributed by atoms with Gasteiger partial charge in [-0.3, -0.25) is 10.0 Å². The zero-order valence-electron chi connectivity index (χ0n) is 6.17. The molecule has 1 heterocycles. The monoisotopic (exact) mass is 160 g/mol.